The summed E-state index contributed by atoms with van der Waals surface area (Å²) >= 11 is 0. The average molecular weight is 234 g/mol. The molecule has 3 heteroatoms. The SMILES string of the molecule is O=C1N(C2CCC2)C(C2CCCC2)NC12CC2. The number of nitrogens with zero attached hydrogens (tertiary/aromatic N) is 1. The first-order valence-electron chi connectivity index (χ1n) is 7.41. The second-order valence-corrected chi connectivity index (χ2v) is 6.51. The summed E-state index contributed by atoms with van der Waals surface area (Å²) in [6.45, 7) is 0. The van der Waals surface area contributed by atoms with Crippen molar-refractivity contribution in [3.63, 3.8) is 0 Å². The van der Waals surface area contributed by atoms with E-state index in [0.717, 1.165) is 18.8 Å². The molecule has 94 valence electrons. The first kappa shape index (κ1) is 10.4. The Kier molecular flexibility index (Phi) is 2.11. The minimum Gasteiger partial charge on any atom is -0.322 e. The Hall–Kier alpha value is -0.570. The van der Waals surface area contributed by atoms with Gasteiger partial charge in [0.25, 0.3) is 0 Å². The molecule has 0 bridgehead atoms. The molecule has 3 aliphatic carbocycles. The highest BCUT2D eigenvalue weighted by atomic mass is 16.2. The lowest BCUT2D eigenvalue weighted by Gasteiger charge is -2.40. The van der Waals surface area contributed by atoms with E-state index < -0.39 is 0 Å². The Balaban J connectivity index is 1.60. The highest BCUT2D eigenvalue weighted by Gasteiger charge is 2.61. The van der Waals surface area contributed by atoms with E-state index in [1.807, 2.05) is 0 Å². The standard InChI is InChI=1S/C14H22N2O/c17-13-14(8-9-14)15-12(10-4-1-2-5-10)16(13)11-6-3-7-11/h10-12,15H,1-9H2. The number of nitrogens with one attached hydrogen (secondary N) is 1. The van der Waals surface area contributed by atoms with Crippen LogP contribution in [0, 0.1) is 5.92 Å². The van der Waals surface area contributed by atoms with Gasteiger partial charge in [0.05, 0.1) is 11.7 Å². The molecule has 1 unspecified atom stereocenters. The van der Waals surface area contributed by atoms with E-state index in [9.17, 15) is 4.79 Å². The smallest absolute Gasteiger partial charge is 0.244 e. The van der Waals surface area contributed by atoms with Crippen LogP contribution in [0.2, 0.25) is 0 Å². The van der Waals surface area contributed by atoms with E-state index in [4.69, 9.17) is 0 Å². The van der Waals surface area contributed by atoms with Gasteiger partial charge in [-0.25, -0.2) is 0 Å². The van der Waals surface area contributed by atoms with E-state index in [0.29, 0.717) is 18.1 Å². The third-order valence-corrected chi connectivity index (χ3v) is 5.43. The van der Waals surface area contributed by atoms with Gasteiger partial charge >= 0.3 is 0 Å². The monoisotopic (exact) mass is 234 g/mol. The van der Waals surface area contributed by atoms with Crippen LogP contribution in [0.5, 0.6) is 0 Å². The molecule has 3 nitrogen and oxygen atoms in total. The molecule has 1 spiro atoms. The lowest BCUT2D eigenvalue weighted by Crippen LogP contribution is -2.50. The van der Waals surface area contributed by atoms with Gasteiger partial charge in [-0.2, -0.15) is 0 Å². The van der Waals surface area contributed by atoms with E-state index in [1.54, 1.807) is 0 Å². The minimum atomic E-state index is -0.0944. The predicted octanol–water partition coefficient (Wildman–Crippen LogP) is 2.02. The highest BCUT2D eigenvalue weighted by Crippen LogP contribution is 2.47. The van der Waals surface area contributed by atoms with E-state index in [2.05, 4.69) is 10.2 Å². The zero-order chi connectivity index (χ0) is 11.5. The summed E-state index contributed by atoms with van der Waals surface area (Å²) in [5.74, 6) is 1.18. The van der Waals surface area contributed by atoms with Gasteiger partial charge in [-0.1, -0.05) is 12.8 Å². The van der Waals surface area contributed by atoms with E-state index >= 15 is 0 Å². The number of carbonyl (C=O) groups is 1. The Morgan fingerprint density at radius 1 is 1.06 bits per heavy atom. The number of hydrogen-bond donors (Lipinski definition) is 1. The van der Waals surface area contributed by atoms with Crippen molar-refractivity contribution in [2.75, 3.05) is 0 Å². The van der Waals surface area contributed by atoms with Crippen LogP contribution in [-0.4, -0.2) is 28.6 Å². The summed E-state index contributed by atoms with van der Waals surface area (Å²) in [5, 5.41) is 3.71. The molecular formula is C14H22N2O. The lowest BCUT2D eigenvalue weighted by atomic mass is 9.89. The number of amides is 1. The molecule has 4 aliphatic rings. The molecule has 0 radical (unpaired) electrons. The van der Waals surface area contributed by atoms with E-state index in [-0.39, 0.29) is 5.54 Å². The molecule has 4 fully saturated rings. The third-order valence-electron chi connectivity index (χ3n) is 5.43. The van der Waals surface area contributed by atoms with Crippen LogP contribution in [-0.2, 0) is 4.79 Å². The Morgan fingerprint density at radius 3 is 2.29 bits per heavy atom. The fraction of sp³-hybridized carbons (Fsp3) is 0.929. The second kappa shape index (κ2) is 3.47. The summed E-state index contributed by atoms with van der Waals surface area (Å²) < 4.78 is 0. The first-order chi connectivity index (χ1) is 8.30. The van der Waals surface area contributed by atoms with Crippen LogP contribution in [0.4, 0.5) is 0 Å². The molecule has 3 saturated carbocycles. The van der Waals surface area contributed by atoms with Crippen molar-refractivity contribution in [2.45, 2.75) is 75.5 Å². The lowest BCUT2D eigenvalue weighted by molar-refractivity contribution is -0.135. The second-order valence-electron chi connectivity index (χ2n) is 6.51. The molecule has 1 amide bonds. The molecule has 0 aromatic rings. The van der Waals surface area contributed by atoms with Gasteiger partial charge in [-0.05, 0) is 50.9 Å². The average Bonchev–Trinajstić information content (AvgIpc) is 2.73. The van der Waals surface area contributed by atoms with Gasteiger partial charge in [0.1, 0.15) is 0 Å². The molecule has 4 rings (SSSR count). The molecule has 1 atom stereocenters. The third kappa shape index (κ3) is 1.41. The van der Waals surface area contributed by atoms with Crippen molar-refractivity contribution in [3.05, 3.63) is 0 Å². The zero-order valence-electron chi connectivity index (χ0n) is 10.5. The molecular weight excluding hydrogens is 212 g/mol. The quantitative estimate of drug-likeness (QED) is 0.793. The molecule has 1 heterocycles. The topological polar surface area (TPSA) is 32.3 Å². The number of hydrogen-bond acceptors (Lipinski definition) is 2. The fourth-order valence-corrected chi connectivity index (χ4v) is 3.95. The van der Waals surface area contributed by atoms with Gasteiger partial charge in [-0.15, -0.1) is 0 Å². The summed E-state index contributed by atoms with van der Waals surface area (Å²) in [6, 6.07) is 0.570. The number of rotatable bonds is 2. The van der Waals surface area contributed by atoms with Crippen LogP contribution < -0.4 is 5.32 Å². The summed E-state index contributed by atoms with van der Waals surface area (Å²) in [7, 11) is 0. The summed E-state index contributed by atoms with van der Waals surface area (Å²) in [4.78, 5) is 14.8. The van der Waals surface area contributed by atoms with Gasteiger partial charge in [0.15, 0.2) is 0 Å². The van der Waals surface area contributed by atoms with Crippen molar-refractivity contribution in [1.29, 1.82) is 0 Å². The van der Waals surface area contributed by atoms with Crippen LogP contribution in [0.1, 0.15) is 57.8 Å². The predicted molar refractivity (Wildman–Crippen MR) is 65.3 cm³/mol. The van der Waals surface area contributed by atoms with Crippen molar-refractivity contribution < 1.29 is 4.79 Å². The van der Waals surface area contributed by atoms with Crippen molar-refractivity contribution in [3.8, 4) is 0 Å². The normalized spacial score (nSPS) is 36.8. The first-order valence-corrected chi connectivity index (χ1v) is 7.41. The van der Waals surface area contributed by atoms with Crippen LogP contribution in [0.15, 0.2) is 0 Å². The van der Waals surface area contributed by atoms with Crippen molar-refractivity contribution >= 4 is 5.91 Å². The maximum Gasteiger partial charge on any atom is 0.244 e. The summed E-state index contributed by atoms with van der Waals surface area (Å²) in [5.41, 5.74) is -0.0944. The Labute approximate surface area is 103 Å². The largest absolute Gasteiger partial charge is 0.322 e. The molecule has 17 heavy (non-hydrogen) atoms. The molecule has 1 saturated heterocycles. The number of carbonyl (C=O) groups excluding carboxylic acids is 1. The van der Waals surface area contributed by atoms with E-state index in [1.165, 1.54) is 44.9 Å². The zero-order valence-corrected chi connectivity index (χ0v) is 10.5. The molecule has 0 aromatic heterocycles. The van der Waals surface area contributed by atoms with Crippen LogP contribution in [0.3, 0.4) is 0 Å². The highest BCUT2D eigenvalue weighted by molar-refractivity contribution is 5.92. The van der Waals surface area contributed by atoms with Gasteiger partial charge in [0, 0.05) is 6.04 Å². The fourth-order valence-electron chi connectivity index (χ4n) is 3.95. The molecule has 1 N–H and O–H groups in total. The van der Waals surface area contributed by atoms with Crippen molar-refractivity contribution in [1.82, 2.24) is 10.2 Å². The molecule has 1 aliphatic heterocycles. The Bertz CT molecular complexity index is 340. The molecule has 0 aromatic carbocycles. The van der Waals surface area contributed by atoms with Crippen molar-refractivity contribution in [2.24, 2.45) is 5.92 Å². The van der Waals surface area contributed by atoms with Crippen LogP contribution >= 0.6 is 0 Å². The maximum absolute atomic E-state index is 12.6. The Morgan fingerprint density at radius 2 is 1.76 bits per heavy atom. The summed E-state index contributed by atoms with van der Waals surface area (Å²) in [6.07, 6.45) is 11.7. The minimum absolute atomic E-state index is 0.0944. The maximum atomic E-state index is 12.6. The van der Waals surface area contributed by atoms with Gasteiger partial charge in [0.2, 0.25) is 5.91 Å². The van der Waals surface area contributed by atoms with Gasteiger partial charge < -0.3 is 4.90 Å². The van der Waals surface area contributed by atoms with Crippen LogP contribution in [0.25, 0.3) is 0 Å². The van der Waals surface area contributed by atoms with Gasteiger partial charge in [-0.3, -0.25) is 10.1 Å².